The second kappa shape index (κ2) is 6.93. The summed E-state index contributed by atoms with van der Waals surface area (Å²) < 4.78 is 2.00. The molecule has 1 saturated carbocycles. The zero-order valence-corrected chi connectivity index (χ0v) is 14.7. The van der Waals surface area contributed by atoms with Crippen molar-refractivity contribution in [2.75, 3.05) is 0 Å². The van der Waals surface area contributed by atoms with E-state index in [-0.39, 0.29) is 11.2 Å². The molecule has 1 amide bonds. The quantitative estimate of drug-likeness (QED) is 0.813. The number of thioether (sulfide) groups is 1. The Kier molecular flexibility index (Phi) is 4.92. The normalized spacial score (nSPS) is 15.4. The minimum atomic E-state index is -0.243. The van der Waals surface area contributed by atoms with Gasteiger partial charge in [0.25, 0.3) is 0 Å². The molecule has 1 aliphatic rings. The second-order valence-electron chi connectivity index (χ2n) is 5.74. The summed E-state index contributed by atoms with van der Waals surface area (Å²) in [5.41, 5.74) is 0.911. The molecule has 122 valence electrons. The van der Waals surface area contributed by atoms with E-state index < -0.39 is 0 Å². The molecule has 3 rings (SSSR count). The number of carbonyl (C=O) groups excluding carboxylic acids is 1. The molecule has 2 aromatic rings. The van der Waals surface area contributed by atoms with E-state index >= 15 is 0 Å². The van der Waals surface area contributed by atoms with E-state index in [4.69, 9.17) is 11.6 Å². The third-order valence-corrected chi connectivity index (χ3v) is 5.38. The van der Waals surface area contributed by atoms with Crippen molar-refractivity contribution in [2.24, 2.45) is 7.05 Å². The Balaban J connectivity index is 1.56. The van der Waals surface area contributed by atoms with Crippen molar-refractivity contribution < 1.29 is 4.79 Å². The lowest BCUT2D eigenvalue weighted by Gasteiger charge is -2.12. The van der Waals surface area contributed by atoms with E-state index in [1.165, 1.54) is 24.6 Å². The predicted molar refractivity (Wildman–Crippen MR) is 91.6 cm³/mol. The van der Waals surface area contributed by atoms with Crippen LogP contribution in [0.4, 0.5) is 0 Å². The van der Waals surface area contributed by atoms with Gasteiger partial charge in [-0.05, 0) is 31.4 Å². The van der Waals surface area contributed by atoms with Gasteiger partial charge in [0.2, 0.25) is 5.91 Å². The van der Waals surface area contributed by atoms with Crippen LogP contribution in [0.3, 0.4) is 0 Å². The Morgan fingerprint density at radius 3 is 2.87 bits per heavy atom. The summed E-state index contributed by atoms with van der Waals surface area (Å²) >= 11 is 7.53. The Morgan fingerprint density at radius 1 is 1.43 bits per heavy atom. The van der Waals surface area contributed by atoms with Gasteiger partial charge in [-0.2, -0.15) is 0 Å². The highest BCUT2D eigenvalue weighted by atomic mass is 35.5. The van der Waals surface area contributed by atoms with Gasteiger partial charge in [-0.3, -0.25) is 4.79 Å². The van der Waals surface area contributed by atoms with E-state index in [0.29, 0.717) is 17.5 Å². The van der Waals surface area contributed by atoms with Crippen molar-refractivity contribution in [1.29, 1.82) is 0 Å². The molecule has 1 aliphatic carbocycles. The van der Waals surface area contributed by atoms with Gasteiger partial charge in [-0.1, -0.05) is 41.6 Å². The van der Waals surface area contributed by atoms with E-state index in [2.05, 4.69) is 15.5 Å². The average Bonchev–Trinajstić information content (AvgIpc) is 3.32. The van der Waals surface area contributed by atoms with Crippen LogP contribution >= 0.6 is 23.4 Å². The molecule has 0 spiro atoms. The lowest BCUT2D eigenvalue weighted by molar-refractivity contribution is -0.120. The van der Waals surface area contributed by atoms with Gasteiger partial charge in [0.05, 0.1) is 5.25 Å². The monoisotopic (exact) mass is 350 g/mol. The number of nitrogens with one attached hydrogen (secondary N) is 1. The van der Waals surface area contributed by atoms with Gasteiger partial charge in [-0.25, -0.2) is 0 Å². The van der Waals surface area contributed by atoms with Gasteiger partial charge >= 0.3 is 0 Å². The molecule has 0 aliphatic heterocycles. The summed E-state index contributed by atoms with van der Waals surface area (Å²) in [4.78, 5) is 12.3. The van der Waals surface area contributed by atoms with Crippen LogP contribution in [-0.4, -0.2) is 25.9 Å². The molecule has 1 N–H and O–H groups in total. The number of benzene rings is 1. The molecule has 7 heteroatoms. The molecule has 0 unspecified atom stereocenters. The highest BCUT2D eigenvalue weighted by Crippen LogP contribution is 2.39. The van der Waals surface area contributed by atoms with Crippen molar-refractivity contribution in [3.05, 3.63) is 40.7 Å². The summed E-state index contributed by atoms with van der Waals surface area (Å²) in [6.45, 7) is 2.30. The SMILES string of the molecule is C[C@@H](Sc1nnc(C2CC2)n1C)C(=O)NCc1ccccc1Cl. The Morgan fingerprint density at radius 2 is 2.17 bits per heavy atom. The van der Waals surface area contributed by atoms with Crippen LogP contribution in [0.5, 0.6) is 0 Å². The van der Waals surface area contributed by atoms with Crippen LogP contribution in [0.2, 0.25) is 5.02 Å². The van der Waals surface area contributed by atoms with E-state index in [1.807, 2.05) is 42.8 Å². The van der Waals surface area contributed by atoms with Gasteiger partial charge in [0, 0.05) is 24.5 Å². The lowest BCUT2D eigenvalue weighted by atomic mass is 10.2. The van der Waals surface area contributed by atoms with Crippen molar-refractivity contribution >= 4 is 29.3 Å². The second-order valence-corrected chi connectivity index (χ2v) is 7.46. The first-order valence-corrected chi connectivity index (χ1v) is 8.89. The minimum absolute atomic E-state index is 0.0362. The smallest absolute Gasteiger partial charge is 0.233 e. The van der Waals surface area contributed by atoms with Crippen LogP contribution in [0.15, 0.2) is 29.4 Å². The number of hydrogen-bond donors (Lipinski definition) is 1. The average molecular weight is 351 g/mol. The van der Waals surface area contributed by atoms with Gasteiger partial charge in [-0.15, -0.1) is 10.2 Å². The number of rotatable bonds is 6. The van der Waals surface area contributed by atoms with Crippen molar-refractivity contribution in [3.8, 4) is 0 Å². The topological polar surface area (TPSA) is 59.8 Å². The fourth-order valence-corrected chi connectivity index (χ4v) is 3.35. The number of amides is 1. The summed E-state index contributed by atoms with van der Waals surface area (Å²) in [6, 6.07) is 7.51. The Bertz CT molecular complexity index is 714. The van der Waals surface area contributed by atoms with E-state index in [9.17, 15) is 4.79 Å². The molecule has 1 aromatic carbocycles. The highest BCUT2D eigenvalue weighted by Gasteiger charge is 2.30. The minimum Gasteiger partial charge on any atom is -0.351 e. The number of nitrogens with zero attached hydrogens (tertiary/aromatic N) is 3. The Hall–Kier alpha value is -1.53. The molecule has 23 heavy (non-hydrogen) atoms. The third kappa shape index (κ3) is 3.87. The number of carbonyl (C=O) groups is 1. The number of halogens is 1. The number of aromatic nitrogens is 3. The van der Waals surface area contributed by atoms with Crippen LogP contribution in [0.1, 0.15) is 37.1 Å². The standard InChI is InChI=1S/C16H19ClN4OS/c1-10(15(22)18-9-12-5-3-4-6-13(12)17)23-16-20-19-14(21(16)2)11-7-8-11/h3-6,10-11H,7-9H2,1-2H3,(H,18,22)/t10-/m1/s1. The van der Waals surface area contributed by atoms with Crippen LogP contribution < -0.4 is 5.32 Å². The molecular formula is C16H19ClN4OS. The molecule has 1 fully saturated rings. The first-order valence-electron chi connectivity index (χ1n) is 7.63. The summed E-state index contributed by atoms with van der Waals surface area (Å²) in [5, 5.41) is 12.6. The molecule has 5 nitrogen and oxygen atoms in total. The van der Waals surface area contributed by atoms with Gasteiger partial charge in [0.15, 0.2) is 5.16 Å². The fraction of sp³-hybridized carbons (Fsp3) is 0.438. The maximum Gasteiger partial charge on any atom is 0.233 e. The molecule has 1 atom stereocenters. The van der Waals surface area contributed by atoms with Crippen LogP contribution in [0.25, 0.3) is 0 Å². The van der Waals surface area contributed by atoms with Crippen LogP contribution in [-0.2, 0) is 18.4 Å². The molecule has 0 saturated heterocycles. The first-order chi connectivity index (χ1) is 11.1. The summed E-state index contributed by atoms with van der Waals surface area (Å²) in [5.74, 6) is 1.54. The zero-order chi connectivity index (χ0) is 16.4. The maximum atomic E-state index is 12.3. The molecule has 1 heterocycles. The zero-order valence-electron chi connectivity index (χ0n) is 13.1. The predicted octanol–water partition coefficient (Wildman–Crippen LogP) is 3.14. The number of hydrogen-bond acceptors (Lipinski definition) is 4. The van der Waals surface area contributed by atoms with Gasteiger partial charge < -0.3 is 9.88 Å². The molecular weight excluding hydrogens is 332 g/mol. The highest BCUT2D eigenvalue weighted by molar-refractivity contribution is 8.00. The summed E-state index contributed by atoms with van der Waals surface area (Å²) in [7, 11) is 1.96. The van der Waals surface area contributed by atoms with Crippen molar-refractivity contribution in [2.45, 2.75) is 42.6 Å². The van der Waals surface area contributed by atoms with Crippen molar-refractivity contribution in [3.63, 3.8) is 0 Å². The van der Waals surface area contributed by atoms with E-state index in [0.717, 1.165) is 16.5 Å². The summed E-state index contributed by atoms with van der Waals surface area (Å²) in [6.07, 6.45) is 2.37. The molecule has 1 aromatic heterocycles. The molecule has 0 radical (unpaired) electrons. The Labute approximate surface area is 144 Å². The third-order valence-electron chi connectivity index (χ3n) is 3.87. The van der Waals surface area contributed by atoms with E-state index in [1.54, 1.807) is 0 Å². The lowest BCUT2D eigenvalue weighted by Crippen LogP contribution is -2.30. The maximum absolute atomic E-state index is 12.3. The van der Waals surface area contributed by atoms with Crippen molar-refractivity contribution in [1.82, 2.24) is 20.1 Å². The first kappa shape index (κ1) is 16.3. The van der Waals surface area contributed by atoms with Gasteiger partial charge in [0.1, 0.15) is 5.82 Å². The molecule has 0 bridgehead atoms. The van der Waals surface area contributed by atoms with Crippen LogP contribution in [0, 0.1) is 0 Å². The largest absolute Gasteiger partial charge is 0.351 e. The fourth-order valence-electron chi connectivity index (χ4n) is 2.31.